The number of hydrogen-bond acceptors (Lipinski definition) is 3. The van der Waals surface area contributed by atoms with Crippen LogP contribution >= 0.6 is 12.2 Å². The van der Waals surface area contributed by atoms with Gasteiger partial charge in [0.15, 0.2) is 0 Å². The fourth-order valence-corrected chi connectivity index (χ4v) is 2.52. The number of thiocarbonyl (C=S) groups is 1. The normalized spacial score (nSPS) is 14.5. The summed E-state index contributed by atoms with van der Waals surface area (Å²) in [5.41, 5.74) is 1.02. The summed E-state index contributed by atoms with van der Waals surface area (Å²) in [4.78, 5) is 11.8. The number of alkyl halides is 3. The van der Waals surface area contributed by atoms with Crippen molar-refractivity contribution in [2.45, 2.75) is 6.18 Å². The van der Waals surface area contributed by atoms with E-state index < -0.39 is 17.6 Å². The first-order chi connectivity index (χ1) is 10.3. The maximum absolute atomic E-state index is 12.5. The van der Waals surface area contributed by atoms with Crippen LogP contribution in [0, 0.1) is 0 Å². The molecule has 0 saturated heterocycles. The second-order valence-corrected chi connectivity index (χ2v) is 5.14. The molecule has 0 radical (unpaired) electrons. The molecule has 0 atom stereocenters. The Labute approximate surface area is 128 Å². The van der Waals surface area contributed by atoms with E-state index in [-0.39, 0.29) is 10.6 Å². The summed E-state index contributed by atoms with van der Waals surface area (Å²) in [7, 11) is 0. The third-order valence-electron chi connectivity index (χ3n) is 3.41. The lowest BCUT2D eigenvalue weighted by Crippen LogP contribution is -2.24. The topological polar surface area (TPSA) is 40.5 Å². The van der Waals surface area contributed by atoms with Gasteiger partial charge in [-0.1, -0.05) is 36.5 Å². The van der Waals surface area contributed by atoms with Crippen molar-refractivity contribution in [2.24, 2.45) is 0 Å². The minimum absolute atomic E-state index is 0.0129. The molecule has 0 fully saturated rings. The van der Waals surface area contributed by atoms with E-state index in [2.05, 4.69) is 0 Å². The minimum Gasteiger partial charge on any atom is -0.280 e. The van der Waals surface area contributed by atoms with Crippen LogP contribution in [0.1, 0.15) is 21.5 Å². The van der Waals surface area contributed by atoms with Crippen molar-refractivity contribution in [3.05, 3.63) is 59.2 Å². The smallest absolute Gasteiger partial charge is 0.280 e. The van der Waals surface area contributed by atoms with Crippen molar-refractivity contribution in [1.29, 1.82) is 0 Å². The number of hydroxylamine groups is 2. The molecule has 3 rings (SSSR count). The molecule has 1 aliphatic rings. The molecule has 0 saturated carbocycles. The van der Waals surface area contributed by atoms with Gasteiger partial charge in [0.2, 0.25) is 0 Å². The van der Waals surface area contributed by atoms with Crippen LogP contribution < -0.4 is 0 Å². The summed E-state index contributed by atoms with van der Waals surface area (Å²) >= 11 is 4.92. The van der Waals surface area contributed by atoms with Gasteiger partial charge in [0.1, 0.15) is 4.99 Å². The Kier molecular flexibility index (Phi) is 3.26. The summed E-state index contributed by atoms with van der Waals surface area (Å²) in [5, 5.41) is 9.88. The van der Waals surface area contributed by atoms with Crippen LogP contribution in [0.4, 0.5) is 13.2 Å². The summed E-state index contributed by atoms with van der Waals surface area (Å²) < 4.78 is 37.6. The molecule has 1 amide bonds. The largest absolute Gasteiger partial charge is 0.416 e. The average Bonchev–Trinajstić information content (AvgIpc) is 2.71. The number of amides is 1. The van der Waals surface area contributed by atoms with Gasteiger partial charge in [-0.15, -0.1) is 0 Å². The Balaban J connectivity index is 2.01. The molecule has 0 unspecified atom stereocenters. The van der Waals surface area contributed by atoms with Crippen LogP contribution in [0.25, 0.3) is 11.1 Å². The van der Waals surface area contributed by atoms with Crippen molar-refractivity contribution in [3.8, 4) is 11.1 Å². The van der Waals surface area contributed by atoms with Gasteiger partial charge >= 0.3 is 6.18 Å². The van der Waals surface area contributed by atoms with Crippen LogP contribution in [0.3, 0.4) is 0 Å². The molecule has 112 valence electrons. The van der Waals surface area contributed by atoms with Gasteiger partial charge in [-0.3, -0.25) is 10.0 Å². The Morgan fingerprint density at radius 2 is 1.55 bits per heavy atom. The molecule has 3 nitrogen and oxygen atoms in total. The first-order valence-electron chi connectivity index (χ1n) is 6.18. The van der Waals surface area contributed by atoms with Crippen LogP contribution in [0.15, 0.2) is 42.5 Å². The Morgan fingerprint density at radius 3 is 2.14 bits per heavy atom. The molecule has 1 heterocycles. The number of hydrogen-bond donors (Lipinski definition) is 1. The highest BCUT2D eigenvalue weighted by Gasteiger charge is 2.32. The number of benzene rings is 2. The van der Waals surface area contributed by atoms with Gasteiger partial charge in [0, 0.05) is 5.56 Å². The van der Waals surface area contributed by atoms with E-state index in [0.717, 1.165) is 12.1 Å². The number of rotatable bonds is 1. The number of nitrogens with zero attached hydrogens (tertiary/aromatic N) is 1. The standard InChI is InChI=1S/C15H8F3NO2S/c16-15(17,18)10-4-1-8(2-5-10)9-3-6-11-12(7-9)13(20)19(21)14(11)22/h1-7,21H. The predicted octanol–water partition coefficient (Wildman–Crippen LogP) is 3.89. The Hall–Kier alpha value is -2.25. The van der Waals surface area contributed by atoms with Gasteiger partial charge in [0.05, 0.1) is 11.1 Å². The molecule has 0 bridgehead atoms. The third-order valence-corrected chi connectivity index (χ3v) is 3.80. The second-order valence-electron chi connectivity index (χ2n) is 4.76. The molecule has 2 aromatic rings. The lowest BCUT2D eigenvalue weighted by molar-refractivity contribution is -0.137. The number of fused-ring (bicyclic) bond motifs is 1. The van der Waals surface area contributed by atoms with Gasteiger partial charge in [-0.25, -0.2) is 0 Å². The van der Waals surface area contributed by atoms with Crippen LogP contribution in [0.5, 0.6) is 0 Å². The molecular weight excluding hydrogens is 315 g/mol. The SMILES string of the molecule is O=C1c2cc(-c3ccc(C(F)(F)F)cc3)ccc2C(=S)N1O. The molecule has 1 aliphatic heterocycles. The highest BCUT2D eigenvalue weighted by atomic mass is 32.1. The molecule has 0 aliphatic carbocycles. The molecule has 22 heavy (non-hydrogen) atoms. The summed E-state index contributed by atoms with van der Waals surface area (Å²) in [5.74, 6) is -0.645. The molecule has 7 heteroatoms. The van der Waals surface area contributed by atoms with Gasteiger partial charge < -0.3 is 0 Å². The zero-order valence-corrected chi connectivity index (χ0v) is 11.7. The van der Waals surface area contributed by atoms with E-state index in [9.17, 15) is 23.2 Å². The highest BCUT2D eigenvalue weighted by Crippen LogP contribution is 2.32. The van der Waals surface area contributed by atoms with E-state index >= 15 is 0 Å². The maximum atomic E-state index is 12.5. The average molecular weight is 323 g/mol. The van der Waals surface area contributed by atoms with Gasteiger partial charge in [-0.2, -0.15) is 18.2 Å². The molecule has 0 spiro atoms. The molecule has 2 aromatic carbocycles. The van der Waals surface area contributed by atoms with E-state index in [0.29, 0.717) is 21.8 Å². The predicted molar refractivity (Wildman–Crippen MR) is 76.5 cm³/mol. The molecular formula is C15H8F3NO2S. The summed E-state index contributed by atoms with van der Waals surface area (Å²) in [6, 6.07) is 9.33. The third kappa shape index (κ3) is 2.28. The summed E-state index contributed by atoms with van der Waals surface area (Å²) in [6.45, 7) is 0. The Bertz CT molecular complexity index is 784. The minimum atomic E-state index is -4.39. The summed E-state index contributed by atoms with van der Waals surface area (Å²) in [6.07, 6.45) is -4.39. The lowest BCUT2D eigenvalue weighted by Gasteiger charge is -2.08. The van der Waals surface area contributed by atoms with Crippen molar-refractivity contribution < 1.29 is 23.2 Å². The van der Waals surface area contributed by atoms with Gasteiger partial charge in [0.25, 0.3) is 5.91 Å². The number of carbonyl (C=O) groups excluding carboxylic acids is 1. The van der Waals surface area contributed by atoms with Gasteiger partial charge in [-0.05, 0) is 29.3 Å². The van der Waals surface area contributed by atoms with Crippen LogP contribution in [-0.2, 0) is 6.18 Å². The Morgan fingerprint density at radius 1 is 0.955 bits per heavy atom. The van der Waals surface area contributed by atoms with E-state index in [1.165, 1.54) is 18.2 Å². The first kappa shape index (κ1) is 14.7. The molecule has 1 N–H and O–H groups in total. The molecule has 0 aromatic heterocycles. The fraction of sp³-hybridized carbons (Fsp3) is 0.0667. The highest BCUT2D eigenvalue weighted by molar-refractivity contribution is 7.80. The van der Waals surface area contributed by atoms with Crippen LogP contribution in [-0.4, -0.2) is 21.2 Å². The van der Waals surface area contributed by atoms with E-state index in [1.54, 1.807) is 12.1 Å². The number of halogens is 3. The van der Waals surface area contributed by atoms with Crippen molar-refractivity contribution in [3.63, 3.8) is 0 Å². The second kappa shape index (κ2) is 4.89. The first-order valence-corrected chi connectivity index (χ1v) is 6.59. The fourth-order valence-electron chi connectivity index (χ4n) is 2.26. The monoisotopic (exact) mass is 323 g/mol. The number of carbonyl (C=O) groups is 1. The van der Waals surface area contributed by atoms with Crippen molar-refractivity contribution >= 4 is 23.1 Å². The van der Waals surface area contributed by atoms with Crippen molar-refractivity contribution in [2.75, 3.05) is 0 Å². The van der Waals surface area contributed by atoms with E-state index in [4.69, 9.17) is 12.2 Å². The lowest BCUT2D eigenvalue weighted by atomic mass is 9.99. The van der Waals surface area contributed by atoms with Crippen LogP contribution in [0.2, 0.25) is 0 Å². The maximum Gasteiger partial charge on any atom is 0.416 e. The quantitative estimate of drug-likeness (QED) is 0.639. The van der Waals surface area contributed by atoms with Crippen molar-refractivity contribution in [1.82, 2.24) is 5.06 Å². The zero-order valence-electron chi connectivity index (χ0n) is 10.9. The van der Waals surface area contributed by atoms with E-state index in [1.807, 2.05) is 0 Å². The zero-order chi connectivity index (χ0) is 16.1.